The summed E-state index contributed by atoms with van der Waals surface area (Å²) in [6.45, 7) is 4.22. The molecule has 1 aromatic rings. The molecule has 82 valence electrons. The van der Waals surface area contributed by atoms with E-state index in [-0.39, 0.29) is 12.4 Å². The molecule has 0 amide bonds. The minimum absolute atomic E-state index is 0. The lowest BCUT2D eigenvalue weighted by molar-refractivity contribution is 0.210. The third-order valence-corrected chi connectivity index (χ3v) is 1.71. The molecule has 0 aliphatic rings. The number of nitrogens with two attached hydrogens (primary N) is 1. The Balaban J connectivity index is 0.00000169. The Kier molecular flexibility index (Phi) is 6.07. The van der Waals surface area contributed by atoms with Crippen LogP contribution in [-0.4, -0.2) is 30.0 Å². The van der Waals surface area contributed by atoms with Gasteiger partial charge in [0, 0.05) is 20.2 Å². The monoisotopic (exact) mass is 220 g/mol. The summed E-state index contributed by atoms with van der Waals surface area (Å²) in [4.78, 5) is 0. The highest BCUT2D eigenvalue weighted by Gasteiger charge is 2.02. The highest BCUT2D eigenvalue weighted by atomic mass is 35.5. The number of nitrogens with one attached hydrogen (secondary N) is 1. The van der Waals surface area contributed by atoms with Crippen molar-refractivity contribution in [2.75, 3.05) is 31.3 Å². The molecule has 3 N–H and O–H groups in total. The molecule has 0 radical (unpaired) electrons. The number of nitrogens with zero attached hydrogens (tertiary/aromatic N) is 2. The molecular weight excluding hydrogens is 204 g/mol. The molecule has 0 atom stereocenters. The summed E-state index contributed by atoms with van der Waals surface area (Å²) in [5.41, 5.74) is 6.39. The number of aromatic nitrogens is 2. The first kappa shape index (κ1) is 13.1. The normalized spacial score (nSPS) is 9.57. The van der Waals surface area contributed by atoms with E-state index in [0.717, 1.165) is 18.9 Å². The number of hydrogen-bond donors (Lipinski definition) is 2. The zero-order chi connectivity index (χ0) is 9.68. The summed E-state index contributed by atoms with van der Waals surface area (Å²) in [5, 5.41) is 7.31. The van der Waals surface area contributed by atoms with E-state index in [0.29, 0.717) is 12.3 Å². The number of hydrogen-bond acceptors (Lipinski definition) is 4. The van der Waals surface area contributed by atoms with Crippen molar-refractivity contribution in [2.45, 2.75) is 13.5 Å². The summed E-state index contributed by atoms with van der Waals surface area (Å²) >= 11 is 0. The molecule has 0 aliphatic carbocycles. The first-order valence-electron chi connectivity index (χ1n) is 4.33. The van der Waals surface area contributed by atoms with Gasteiger partial charge in [-0.25, -0.2) is 0 Å². The van der Waals surface area contributed by atoms with Crippen molar-refractivity contribution in [2.24, 2.45) is 0 Å². The van der Waals surface area contributed by atoms with Gasteiger partial charge in [0.25, 0.3) is 0 Å². The van der Waals surface area contributed by atoms with Crippen molar-refractivity contribution in [3.63, 3.8) is 0 Å². The van der Waals surface area contributed by atoms with Crippen LogP contribution in [0.15, 0.2) is 6.20 Å². The van der Waals surface area contributed by atoms with E-state index < -0.39 is 0 Å². The lowest BCUT2D eigenvalue weighted by atomic mass is 10.5. The van der Waals surface area contributed by atoms with Crippen molar-refractivity contribution in [3.05, 3.63) is 6.20 Å². The van der Waals surface area contributed by atoms with Gasteiger partial charge in [-0.05, 0) is 6.92 Å². The smallest absolute Gasteiger partial charge is 0.171 e. The number of ether oxygens (including phenoxy) is 1. The predicted octanol–water partition coefficient (Wildman–Crippen LogP) is 0.965. The van der Waals surface area contributed by atoms with Crippen LogP contribution in [0.4, 0.5) is 11.5 Å². The highest BCUT2D eigenvalue weighted by Crippen LogP contribution is 2.14. The molecule has 0 bridgehead atoms. The zero-order valence-electron chi connectivity index (χ0n) is 8.49. The van der Waals surface area contributed by atoms with E-state index in [9.17, 15) is 0 Å². The Bertz CT molecular complexity index is 264. The summed E-state index contributed by atoms with van der Waals surface area (Å²) in [6.07, 6.45) is 1.81. The van der Waals surface area contributed by atoms with E-state index in [1.807, 2.05) is 13.1 Å². The molecule has 0 spiro atoms. The van der Waals surface area contributed by atoms with Crippen LogP contribution in [0.5, 0.6) is 0 Å². The van der Waals surface area contributed by atoms with Crippen LogP contribution in [0, 0.1) is 0 Å². The first-order valence-corrected chi connectivity index (χ1v) is 4.33. The van der Waals surface area contributed by atoms with Crippen molar-refractivity contribution in [1.82, 2.24) is 9.78 Å². The fraction of sp³-hybridized carbons (Fsp3) is 0.625. The molecule has 1 rings (SSSR count). The second-order valence-corrected chi connectivity index (χ2v) is 2.71. The summed E-state index contributed by atoms with van der Waals surface area (Å²) in [6, 6.07) is 0. The van der Waals surface area contributed by atoms with Crippen molar-refractivity contribution in [3.8, 4) is 0 Å². The van der Waals surface area contributed by atoms with Crippen molar-refractivity contribution in [1.29, 1.82) is 0 Å². The van der Waals surface area contributed by atoms with Gasteiger partial charge in [-0.15, -0.1) is 12.4 Å². The molecular formula is C8H17ClN4O. The predicted molar refractivity (Wildman–Crippen MR) is 59.9 cm³/mol. The number of methoxy groups -OCH3 is 1. The van der Waals surface area contributed by atoms with Gasteiger partial charge in [-0.1, -0.05) is 0 Å². The van der Waals surface area contributed by atoms with Crippen LogP contribution in [0.1, 0.15) is 6.92 Å². The maximum atomic E-state index is 5.71. The van der Waals surface area contributed by atoms with Gasteiger partial charge in [0.2, 0.25) is 0 Å². The molecule has 0 aromatic carbocycles. The molecule has 6 heteroatoms. The topological polar surface area (TPSA) is 65.1 Å². The maximum Gasteiger partial charge on any atom is 0.171 e. The van der Waals surface area contributed by atoms with E-state index in [1.165, 1.54) is 0 Å². The number of halogens is 1. The molecule has 0 saturated carbocycles. The number of anilines is 2. The standard InChI is InChI=1S/C8H16N4O.ClH/c1-3-12-6-7(9)8(11-12)10-4-5-13-2;/h6H,3-5,9H2,1-2H3,(H,10,11);1H. The van der Waals surface area contributed by atoms with Crippen LogP contribution in [0.3, 0.4) is 0 Å². The fourth-order valence-electron chi connectivity index (χ4n) is 1.01. The van der Waals surface area contributed by atoms with Gasteiger partial charge in [-0.3, -0.25) is 4.68 Å². The van der Waals surface area contributed by atoms with Crippen molar-refractivity contribution < 1.29 is 4.74 Å². The molecule has 0 fully saturated rings. The van der Waals surface area contributed by atoms with Crippen LogP contribution >= 0.6 is 12.4 Å². The quantitative estimate of drug-likeness (QED) is 0.726. The lowest BCUT2D eigenvalue weighted by Crippen LogP contribution is -2.09. The van der Waals surface area contributed by atoms with E-state index in [2.05, 4.69) is 10.4 Å². The van der Waals surface area contributed by atoms with Gasteiger partial charge < -0.3 is 15.8 Å². The Labute approximate surface area is 90.0 Å². The van der Waals surface area contributed by atoms with Crippen LogP contribution in [-0.2, 0) is 11.3 Å². The van der Waals surface area contributed by atoms with Gasteiger partial charge in [0.05, 0.1) is 18.5 Å². The second kappa shape index (κ2) is 6.50. The fourth-order valence-corrected chi connectivity index (χ4v) is 1.01. The molecule has 1 aromatic heterocycles. The van der Waals surface area contributed by atoms with E-state index in [1.54, 1.807) is 11.8 Å². The Hall–Kier alpha value is -0.940. The Morgan fingerprint density at radius 3 is 2.86 bits per heavy atom. The zero-order valence-corrected chi connectivity index (χ0v) is 9.30. The first-order chi connectivity index (χ1) is 6.27. The molecule has 14 heavy (non-hydrogen) atoms. The number of aryl methyl sites for hydroxylation is 1. The van der Waals surface area contributed by atoms with E-state index in [4.69, 9.17) is 10.5 Å². The molecule has 0 unspecified atom stereocenters. The van der Waals surface area contributed by atoms with Crippen LogP contribution < -0.4 is 11.1 Å². The summed E-state index contributed by atoms with van der Waals surface area (Å²) < 4.78 is 6.69. The van der Waals surface area contributed by atoms with E-state index >= 15 is 0 Å². The largest absolute Gasteiger partial charge is 0.394 e. The minimum atomic E-state index is 0. The molecule has 5 nitrogen and oxygen atoms in total. The Morgan fingerprint density at radius 2 is 2.36 bits per heavy atom. The Morgan fingerprint density at radius 1 is 1.64 bits per heavy atom. The molecule has 0 aliphatic heterocycles. The van der Waals surface area contributed by atoms with Gasteiger partial charge in [-0.2, -0.15) is 5.10 Å². The number of rotatable bonds is 5. The lowest BCUT2D eigenvalue weighted by Gasteiger charge is -2.01. The summed E-state index contributed by atoms with van der Waals surface area (Å²) in [5.74, 6) is 0.735. The van der Waals surface area contributed by atoms with Gasteiger partial charge in [0.1, 0.15) is 0 Å². The molecule has 0 saturated heterocycles. The SMILES string of the molecule is CCn1cc(N)c(NCCOC)n1.Cl. The highest BCUT2D eigenvalue weighted by molar-refractivity contribution is 5.85. The third kappa shape index (κ3) is 3.43. The average Bonchev–Trinajstić information content (AvgIpc) is 2.48. The van der Waals surface area contributed by atoms with Gasteiger partial charge in [0.15, 0.2) is 5.82 Å². The van der Waals surface area contributed by atoms with Crippen LogP contribution in [0.2, 0.25) is 0 Å². The van der Waals surface area contributed by atoms with Crippen molar-refractivity contribution >= 4 is 23.9 Å². The molecule has 1 heterocycles. The van der Waals surface area contributed by atoms with Gasteiger partial charge >= 0.3 is 0 Å². The maximum absolute atomic E-state index is 5.71. The third-order valence-electron chi connectivity index (χ3n) is 1.71. The summed E-state index contributed by atoms with van der Waals surface area (Å²) in [7, 11) is 1.66. The van der Waals surface area contributed by atoms with Crippen LogP contribution in [0.25, 0.3) is 0 Å². The average molecular weight is 221 g/mol. The number of nitrogen functional groups attached to an aromatic ring is 1. The minimum Gasteiger partial charge on any atom is -0.394 e. The second-order valence-electron chi connectivity index (χ2n) is 2.71.